The first-order valence-electron chi connectivity index (χ1n) is 30.2. The highest BCUT2D eigenvalue weighted by Crippen LogP contribution is 2.38. The van der Waals surface area contributed by atoms with Crippen LogP contribution in [0, 0.1) is 0 Å². The molecule has 0 aliphatic carbocycles. The smallest absolute Gasteiger partial charge is 0.306 e. The fourth-order valence-electron chi connectivity index (χ4n) is 8.38. The fraction of sp³-hybridized carbons (Fsp3) is 0.778. The number of carbonyl (C=O) groups is 2. The fourth-order valence-corrected chi connectivity index (χ4v) is 9.10. The van der Waals surface area contributed by atoms with Gasteiger partial charge in [-0.25, -0.2) is 0 Å². The van der Waals surface area contributed by atoms with Crippen molar-refractivity contribution in [2.45, 2.75) is 277 Å². The van der Waals surface area contributed by atoms with Crippen molar-refractivity contribution in [1.82, 2.24) is 5.32 Å². The molecule has 9 nitrogen and oxygen atoms in total. The van der Waals surface area contributed by atoms with E-state index in [0.29, 0.717) is 23.9 Å². The Morgan fingerprint density at radius 2 is 0.836 bits per heavy atom. The number of carbonyl (C=O) groups excluding carboxylic acids is 2. The molecule has 3 atom stereocenters. The molecule has 0 heterocycles. The van der Waals surface area contributed by atoms with E-state index in [9.17, 15) is 19.0 Å². The predicted octanol–water partition coefficient (Wildman–Crippen LogP) is 17.8. The Morgan fingerprint density at radius 3 is 1.27 bits per heavy atom. The molecule has 1 amide bonds. The Bertz CT molecular complexity index is 1480. The van der Waals surface area contributed by atoms with Crippen LogP contribution < -0.4 is 10.2 Å². The number of quaternary nitrogens is 1. The minimum atomic E-state index is -4.70. The molecular formula is C63H115N2O7P. The van der Waals surface area contributed by atoms with Crippen molar-refractivity contribution in [3.05, 3.63) is 72.9 Å². The van der Waals surface area contributed by atoms with Gasteiger partial charge in [0.25, 0.3) is 7.82 Å². The number of nitrogens with one attached hydrogen (secondary N) is 1. The largest absolute Gasteiger partial charge is 0.756 e. The average molecular weight is 1040 g/mol. The summed E-state index contributed by atoms with van der Waals surface area (Å²) in [7, 11) is 1.17. The Labute approximate surface area is 451 Å². The zero-order valence-corrected chi connectivity index (χ0v) is 49.2. The van der Waals surface area contributed by atoms with Gasteiger partial charge in [0.1, 0.15) is 19.3 Å². The normalized spacial score (nSPS) is 14.2. The van der Waals surface area contributed by atoms with Gasteiger partial charge in [-0.05, 0) is 102 Å². The van der Waals surface area contributed by atoms with E-state index in [0.717, 1.165) is 96.3 Å². The number of phosphoric ester groups is 1. The summed E-state index contributed by atoms with van der Waals surface area (Å²) >= 11 is 0. The van der Waals surface area contributed by atoms with Crippen LogP contribution in [0.25, 0.3) is 0 Å². The van der Waals surface area contributed by atoms with Crippen LogP contribution in [0.3, 0.4) is 0 Å². The standard InChI is InChI=1S/C63H115N2O7P/c1-7-10-13-16-19-22-25-27-29-31-32-34-36-38-41-44-47-50-53-56-63(67)72-61(54-51-48-45-42-39-24-21-18-15-12-9-3)60(59-71-73(68,69)70-58-57-65(4,5)6)64-62(66)55-52-49-46-43-40-37-35-33-30-28-26-23-20-17-14-11-8-2/h19-20,22-23,27-30,32,34,51,54,60-61H,7-18,21,24-26,31,33,35-50,52-53,55-59H2,1-6H3,(H-,64,66,68,69)/b22-19-,23-20-,29-27-,30-28-,34-32-,54-51+. The SMILES string of the molecule is CCCCC/C=C\C/C=C\C/C=C\CCCCCCCCC(=O)OC(/C=C/CCCCCCCCCCC)C(COP(=O)([O-])OCC[N+](C)(C)C)NC(=O)CCCCCCCCC/C=C\C/C=C\CCCCC. The summed E-state index contributed by atoms with van der Waals surface area (Å²) in [6.07, 6.45) is 67.1. The number of ether oxygens (including phenoxy) is 1. The summed E-state index contributed by atoms with van der Waals surface area (Å²) in [6.45, 7) is 6.77. The summed E-state index contributed by atoms with van der Waals surface area (Å²) in [4.78, 5) is 39.9. The van der Waals surface area contributed by atoms with Gasteiger partial charge in [0.05, 0.1) is 33.8 Å². The van der Waals surface area contributed by atoms with E-state index in [-0.39, 0.29) is 24.9 Å². The van der Waals surface area contributed by atoms with Crippen LogP contribution in [0.4, 0.5) is 0 Å². The minimum Gasteiger partial charge on any atom is -0.756 e. The molecule has 0 aromatic carbocycles. The third-order valence-corrected chi connectivity index (χ3v) is 14.1. The lowest BCUT2D eigenvalue weighted by atomic mass is 10.1. The van der Waals surface area contributed by atoms with E-state index in [2.05, 4.69) is 86.8 Å². The first-order valence-corrected chi connectivity index (χ1v) is 31.7. The number of unbranched alkanes of at least 4 members (excludes halogenated alkanes) is 28. The summed E-state index contributed by atoms with van der Waals surface area (Å²) in [6, 6.07) is -0.900. The Hall–Kier alpha value is -2.55. The molecule has 0 saturated heterocycles. The number of nitrogens with zero attached hydrogens (tertiary/aromatic N) is 1. The van der Waals surface area contributed by atoms with E-state index in [1.165, 1.54) is 128 Å². The lowest BCUT2D eigenvalue weighted by Crippen LogP contribution is -2.47. The highest BCUT2D eigenvalue weighted by molar-refractivity contribution is 7.45. The predicted molar refractivity (Wildman–Crippen MR) is 312 cm³/mol. The number of esters is 1. The minimum absolute atomic E-state index is 0.0286. The molecule has 424 valence electrons. The third-order valence-electron chi connectivity index (χ3n) is 13.1. The number of hydrogen-bond acceptors (Lipinski definition) is 7. The molecule has 10 heteroatoms. The van der Waals surface area contributed by atoms with Crippen molar-refractivity contribution in [3.63, 3.8) is 0 Å². The summed E-state index contributed by atoms with van der Waals surface area (Å²) < 4.78 is 30.3. The van der Waals surface area contributed by atoms with Gasteiger partial charge in [0.2, 0.25) is 5.91 Å². The first-order chi connectivity index (χ1) is 35.4. The van der Waals surface area contributed by atoms with Gasteiger partial charge in [-0.3, -0.25) is 14.2 Å². The second-order valence-electron chi connectivity index (χ2n) is 21.5. The van der Waals surface area contributed by atoms with Crippen LogP contribution in [0.2, 0.25) is 0 Å². The molecule has 0 saturated carbocycles. The number of phosphoric acid groups is 1. The third kappa shape index (κ3) is 54.1. The van der Waals surface area contributed by atoms with Gasteiger partial charge in [-0.2, -0.15) is 0 Å². The number of allylic oxidation sites excluding steroid dienone is 11. The second kappa shape index (κ2) is 52.9. The van der Waals surface area contributed by atoms with Crippen molar-refractivity contribution in [1.29, 1.82) is 0 Å². The van der Waals surface area contributed by atoms with Gasteiger partial charge >= 0.3 is 5.97 Å². The van der Waals surface area contributed by atoms with Crippen LogP contribution in [0.1, 0.15) is 265 Å². The van der Waals surface area contributed by atoms with Crippen molar-refractivity contribution in [2.75, 3.05) is 40.9 Å². The first kappa shape index (κ1) is 70.5. The summed E-state index contributed by atoms with van der Waals surface area (Å²) in [5, 5.41) is 3.02. The molecule has 1 N–H and O–H groups in total. The maximum Gasteiger partial charge on any atom is 0.306 e. The van der Waals surface area contributed by atoms with E-state index in [1.54, 1.807) is 0 Å². The van der Waals surface area contributed by atoms with Gasteiger partial charge < -0.3 is 28.5 Å². The molecule has 73 heavy (non-hydrogen) atoms. The lowest BCUT2D eigenvalue weighted by Gasteiger charge is -2.30. The number of amides is 1. The highest BCUT2D eigenvalue weighted by atomic mass is 31.2. The molecule has 0 spiro atoms. The Balaban J connectivity index is 5.29. The molecule has 0 aromatic heterocycles. The molecular weight excluding hydrogens is 928 g/mol. The number of likely N-dealkylation sites (N-methyl/N-ethyl adjacent to an activating group) is 1. The number of hydrogen-bond donors (Lipinski definition) is 1. The van der Waals surface area contributed by atoms with Gasteiger partial charge in [0.15, 0.2) is 0 Å². The average Bonchev–Trinajstić information content (AvgIpc) is 3.35. The van der Waals surface area contributed by atoms with Crippen molar-refractivity contribution in [2.24, 2.45) is 0 Å². The summed E-state index contributed by atoms with van der Waals surface area (Å²) in [5.74, 6) is -0.565. The number of rotatable bonds is 54. The molecule has 0 fully saturated rings. The maximum atomic E-state index is 13.5. The zero-order valence-electron chi connectivity index (χ0n) is 48.3. The Morgan fingerprint density at radius 1 is 0.479 bits per heavy atom. The quantitative estimate of drug-likeness (QED) is 0.0212. The lowest BCUT2D eigenvalue weighted by molar-refractivity contribution is -0.870. The molecule has 0 rings (SSSR count). The summed E-state index contributed by atoms with van der Waals surface area (Å²) in [5.41, 5.74) is 0. The molecule has 3 unspecified atom stereocenters. The van der Waals surface area contributed by atoms with Crippen molar-refractivity contribution < 1.29 is 37.3 Å². The second-order valence-corrected chi connectivity index (χ2v) is 22.9. The van der Waals surface area contributed by atoms with Gasteiger partial charge in [0, 0.05) is 12.8 Å². The van der Waals surface area contributed by atoms with Crippen LogP contribution in [-0.2, 0) is 27.9 Å². The van der Waals surface area contributed by atoms with E-state index < -0.39 is 26.6 Å². The monoisotopic (exact) mass is 1040 g/mol. The zero-order chi connectivity index (χ0) is 53.6. The Kier molecular flexibility index (Phi) is 51.0. The van der Waals surface area contributed by atoms with Crippen molar-refractivity contribution in [3.8, 4) is 0 Å². The molecule has 0 aromatic rings. The van der Waals surface area contributed by atoms with Crippen LogP contribution in [-0.4, -0.2) is 69.4 Å². The van der Waals surface area contributed by atoms with Crippen LogP contribution in [0.5, 0.6) is 0 Å². The van der Waals surface area contributed by atoms with Gasteiger partial charge in [-0.1, -0.05) is 222 Å². The molecule has 0 bridgehead atoms. The van der Waals surface area contributed by atoms with E-state index in [4.69, 9.17) is 13.8 Å². The topological polar surface area (TPSA) is 114 Å². The molecule has 0 aliphatic heterocycles. The van der Waals surface area contributed by atoms with Crippen molar-refractivity contribution >= 4 is 19.7 Å². The van der Waals surface area contributed by atoms with E-state index >= 15 is 0 Å². The highest BCUT2D eigenvalue weighted by Gasteiger charge is 2.27. The van der Waals surface area contributed by atoms with Crippen LogP contribution in [0.15, 0.2) is 72.9 Å². The van der Waals surface area contributed by atoms with Gasteiger partial charge in [-0.15, -0.1) is 0 Å². The van der Waals surface area contributed by atoms with E-state index in [1.807, 2.05) is 33.3 Å². The molecule has 0 aliphatic rings. The maximum absolute atomic E-state index is 13.5. The van der Waals surface area contributed by atoms with Crippen LogP contribution >= 0.6 is 7.82 Å². The molecule has 0 radical (unpaired) electrons.